The van der Waals surface area contributed by atoms with Crippen LogP contribution in [0.3, 0.4) is 0 Å². The minimum absolute atomic E-state index is 0.211. The molecule has 1 aliphatic heterocycles. The van der Waals surface area contributed by atoms with Gasteiger partial charge in [0.05, 0.1) is 23.9 Å². The molecule has 1 N–H and O–H groups in total. The molecule has 1 saturated heterocycles. The average molecular weight is 417 g/mol. The molecule has 28 heavy (non-hydrogen) atoms. The minimum atomic E-state index is -0.344. The van der Waals surface area contributed by atoms with Crippen LogP contribution in [0.4, 0.5) is 11.4 Å². The molecule has 5 nitrogen and oxygen atoms in total. The van der Waals surface area contributed by atoms with Crippen LogP contribution in [0, 0.1) is 0 Å². The Morgan fingerprint density at radius 1 is 1.00 bits per heavy atom. The van der Waals surface area contributed by atoms with Crippen LogP contribution in [0.2, 0.25) is 10.0 Å². The van der Waals surface area contributed by atoms with E-state index >= 15 is 0 Å². The van der Waals surface area contributed by atoms with Gasteiger partial charge in [-0.2, -0.15) is 0 Å². The van der Waals surface area contributed by atoms with Crippen molar-refractivity contribution in [1.29, 1.82) is 0 Å². The quantitative estimate of drug-likeness (QED) is 0.623. The lowest BCUT2D eigenvalue weighted by Crippen LogP contribution is -2.36. The summed E-state index contributed by atoms with van der Waals surface area (Å²) in [7, 11) is 0. The zero-order chi connectivity index (χ0) is 19.5. The smallest absolute Gasteiger partial charge is 0.291 e. The van der Waals surface area contributed by atoms with Crippen LogP contribution in [0.1, 0.15) is 10.6 Å². The van der Waals surface area contributed by atoms with Crippen molar-refractivity contribution in [1.82, 2.24) is 0 Å². The number of furan rings is 1. The average Bonchev–Trinajstić information content (AvgIpc) is 3.19. The van der Waals surface area contributed by atoms with Gasteiger partial charge in [0.1, 0.15) is 5.76 Å². The normalized spacial score (nSPS) is 14.1. The first-order valence-electron chi connectivity index (χ1n) is 8.89. The highest BCUT2D eigenvalue weighted by Crippen LogP contribution is 2.30. The van der Waals surface area contributed by atoms with E-state index in [1.54, 1.807) is 30.3 Å². The second-order valence-corrected chi connectivity index (χ2v) is 7.24. The zero-order valence-corrected chi connectivity index (χ0v) is 16.5. The molecule has 1 aromatic heterocycles. The van der Waals surface area contributed by atoms with Gasteiger partial charge in [-0.15, -0.1) is 0 Å². The van der Waals surface area contributed by atoms with E-state index in [-0.39, 0.29) is 11.7 Å². The highest BCUT2D eigenvalue weighted by molar-refractivity contribution is 6.33. The van der Waals surface area contributed by atoms with E-state index in [9.17, 15) is 4.79 Å². The van der Waals surface area contributed by atoms with Crippen molar-refractivity contribution in [3.05, 3.63) is 70.4 Å². The number of hydrogen-bond donors (Lipinski definition) is 1. The number of anilines is 2. The summed E-state index contributed by atoms with van der Waals surface area (Å²) in [5, 5.41) is 4.01. The lowest BCUT2D eigenvalue weighted by atomic mass is 10.2. The van der Waals surface area contributed by atoms with Gasteiger partial charge in [-0.25, -0.2) is 0 Å². The van der Waals surface area contributed by atoms with Gasteiger partial charge < -0.3 is 19.4 Å². The monoisotopic (exact) mass is 416 g/mol. The van der Waals surface area contributed by atoms with Crippen molar-refractivity contribution in [2.75, 3.05) is 36.5 Å². The van der Waals surface area contributed by atoms with Crippen LogP contribution >= 0.6 is 23.2 Å². The summed E-state index contributed by atoms with van der Waals surface area (Å²) < 4.78 is 11.0. The van der Waals surface area contributed by atoms with Crippen LogP contribution < -0.4 is 10.2 Å². The van der Waals surface area contributed by atoms with E-state index in [0.29, 0.717) is 34.7 Å². The van der Waals surface area contributed by atoms with E-state index < -0.39 is 0 Å². The van der Waals surface area contributed by atoms with E-state index in [1.807, 2.05) is 24.3 Å². The summed E-state index contributed by atoms with van der Waals surface area (Å²) in [5.41, 5.74) is 2.35. The van der Waals surface area contributed by atoms with Crippen LogP contribution in [0.5, 0.6) is 0 Å². The number of nitrogens with zero attached hydrogens (tertiary/aromatic N) is 1. The number of nitrogens with one attached hydrogen (secondary N) is 1. The predicted octanol–water partition coefficient (Wildman–Crippen LogP) is 5.34. The van der Waals surface area contributed by atoms with Gasteiger partial charge >= 0.3 is 0 Å². The molecule has 0 bridgehead atoms. The van der Waals surface area contributed by atoms with Gasteiger partial charge in [-0.1, -0.05) is 35.3 Å². The topological polar surface area (TPSA) is 54.7 Å². The van der Waals surface area contributed by atoms with Gasteiger partial charge in [0, 0.05) is 29.4 Å². The van der Waals surface area contributed by atoms with Crippen molar-refractivity contribution in [3.63, 3.8) is 0 Å². The van der Waals surface area contributed by atoms with E-state index in [1.165, 1.54) is 0 Å². The molecule has 4 rings (SSSR count). The summed E-state index contributed by atoms with van der Waals surface area (Å²) >= 11 is 12.4. The third-order valence-electron chi connectivity index (χ3n) is 4.50. The van der Waals surface area contributed by atoms with Crippen molar-refractivity contribution in [2.45, 2.75) is 0 Å². The number of amides is 1. The van der Waals surface area contributed by atoms with E-state index in [4.69, 9.17) is 32.4 Å². The Morgan fingerprint density at radius 3 is 2.57 bits per heavy atom. The van der Waals surface area contributed by atoms with Gasteiger partial charge in [0.2, 0.25) is 0 Å². The molecular formula is C21H18Cl2N2O3. The summed E-state index contributed by atoms with van der Waals surface area (Å²) in [4.78, 5) is 14.7. The van der Waals surface area contributed by atoms with Crippen molar-refractivity contribution < 1.29 is 13.9 Å². The maximum atomic E-state index is 12.5. The van der Waals surface area contributed by atoms with Crippen LogP contribution in [-0.4, -0.2) is 32.2 Å². The van der Waals surface area contributed by atoms with E-state index in [0.717, 1.165) is 24.3 Å². The minimum Gasteiger partial charge on any atom is -0.451 e. The molecule has 0 saturated carbocycles. The van der Waals surface area contributed by atoms with Gasteiger partial charge in [0.25, 0.3) is 5.91 Å². The Bertz CT molecular complexity index is 997. The Labute approximate surface area is 172 Å². The van der Waals surface area contributed by atoms with Gasteiger partial charge in [0.15, 0.2) is 5.76 Å². The molecule has 3 aromatic rings. The van der Waals surface area contributed by atoms with Gasteiger partial charge in [-0.3, -0.25) is 4.79 Å². The fourth-order valence-corrected chi connectivity index (χ4v) is 3.59. The number of ether oxygens (including phenoxy) is 1. The SMILES string of the molecule is O=C(Nc1ccc(N2CCOCC2)c(Cl)c1)c1ccc(-c2cccc(Cl)c2)o1. The molecule has 7 heteroatoms. The summed E-state index contributed by atoms with van der Waals surface area (Å²) in [5.74, 6) is 0.445. The molecular weight excluding hydrogens is 399 g/mol. The lowest BCUT2D eigenvalue weighted by molar-refractivity contribution is 0.0997. The molecule has 0 aliphatic carbocycles. The molecule has 1 amide bonds. The van der Waals surface area contributed by atoms with Crippen molar-refractivity contribution in [2.24, 2.45) is 0 Å². The fraction of sp³-hybridized carbons (Fsp3) is 0.190. The Balaban J connectivity index is 1.47. The number of halogens is 2. The number of benzene rings is 2. The molecule has 2 aromatic carbocycles. The number of morpholine rings is 1. The maximum Gasteiger partial charge on any atom is 0.291 e. The molecule has 0 spiro atoms. The molecule has 0 radical (unpaired) electrons. The molecule has 1 fully saturated rings. The summed E-state index contributed by atoms with van der Waals surface area (Å²) in [6, 6.07) is 16.1. The first-order valence-corrected chi connectivity index (χ1v) is 9.65. The maximum absolute atomic E-state index is 12.5. The molecule has 0 unspecified atom stereocenters. The molecule has 2 heterocycles. The first-order chi connectivity index (χ1) is 13.6. The highest BCUT2D eigenvalue weighted by atomic mass is 35.5. The predicted molar refractivity (Wildman–Crippen MR) is 112 cm³/mol. The standard InChI is InChI=1S/C21H18Cl2N2O3/c22-15-3-1-2-14(12-15)19-6-7-20(28-19)21(26)24-16-4-5-18(17(23)13-16)25-8-10-27-11-9-25/h1-7,12-13H,8-11H2,(H,24,26). The zero-order valence-electron chi connectivity index (χ0n) is 15.0. The Morgan fingerprint density at radius 2 is 1.82 bits per heavy atom. The molecule has 144 valence electrons. The second-order valence-electron chi connectivity index (χ2n) is 6.39. The Hall–Kier alpha value is -2.47. The number of hydrogen-bond acceptors (Lipinski definition) is 4. The summed E-state index contributed by atoms with van der Waals surface area (Å²) in [6.45, 7) is 2.96. The van der Waals surface area contributed by atoms with Crippen molar-refractivity contribution in [3.8, 4) is 11.3 Å². The van der Waals surface area contributed by atoms with Crippen LogP contribution in [-0.2, 0) is 4.74 Å². The lowest BCUT2D eigenvalue weighted by Gasteiger charge is -2.29. The van der Waals surface area contributed by atoms with E-state index in [2.05, 4.69) is 10.2 Å². The largest absolute Gasteiger partial charge is 0.451 e. The van der Waals surface area contributed by atoms with Crippen LogP contribution in [0.15, 0.2) is 59.0 Å². The van der Waals surface area contributed by atoms with Gasteiger partial charge in [-0.05, 0) is 42.5 Å². The van der Waals surface area contributed by atoms with Crippen molar-refractivity contribution >= 4 is 40.5 Å². The Kier molecular flexibility index (Phi) is 5.57. The highest BCUT2D eigenvalue weighted by Gasteiger charge is 2.16. The summed E-state index contributed by atoms with van der Waals surface area (Å²) in [6.07, 6.45) is 0. The third kappa shape index (κ3) is 4.17. The third-order valence-corrected chi connectivity index (χ3v) is 5.03. The van der Waals surface area contributed by atoms with Crippen LogP contribution in [0.25, 0.3) is 11.3 Å². The first kappa shape index (κ1) is 18.9. The fourth-order valence-electron chi connectivity index (χ4n) is 3.09. The molecule has 0 atom stereocenters. The number of carbonyl (C=O) groups is 1. The second kappa shape index (κ2) is 8.27. The number of carbonyl (C=O) groups excluding carboxylic acids is 1. The number of rotatable bonds is 4. The molecule has 1 aliphatic rings.